The van der Waals surface area contributed by atoms with E-state index in [1.165, 1.54) is 5.56 Å². The predicted molar refractivity (Wildman–Crippen MR) is 56.9 cm³/mol. The fourth-order valence-corrected chi connectivity index (χ4v) is 2.36. The van der Waals surface area contributed by atoms with Gasteiger partial charge >= 0.3 is 5.97 Å². The van der Waals surface area contributed by atoms with E-state index in [9.17, 15) is 4.79 Å². The number of cyclic esters (lactones) is 1. The van der Waals surface area contributed by atoms with Crippen molar-refractivity contribution in [2.75, 3.05) is 19.7 Å². The van der Waals surface area contributed by atoms with Gasteiger partial charge in [0.2, 0.25) is 0 Å². The lowest BCUT2D eigenvalue weighted by Crippen LogP contribution is -2.54. The van der Waals surface area contributed by atoms with Crippen LogP contribution in [-0.4, -0.2) is 46.4 Å². The lowest BCUT2D eigenvalue weighted by molar-refractivity contribution is -0.144. The molecule has 0 aromatic carbocycles. The van der Waals surface area contributed by atoms with E-state index in [4.69, 9.17) is 4.74 Å². The maximum Gasteiger partial charge on any atom is 0.323 e. The number of hydrogen-bond acceptors (Lipinski definition) is 4. The van der Waals surface area contributed by atoms with E-state index in [1.807, 2.05) is 17.8 Å². The summed E-state index contributed by atoms with van der Waals surface area (Å²) < 4.78 is 6.96. The molecule has 1 aromatic rings. The second-order valence-electron chi connectivity index (χ2n) is 4.58. The van der Waals surface area contributed by atoms with Gasteiger partial charge in [0.15, 0.2) is 0 Å². The third kappa shape index (κ3) is 1.51. The average molecular weight is 221 g/mol. The van der Waals surface area contributed by atoms with E-state index >= 15 is 0 Å². The summed E-state index contributed by atoms with van der Waals surface area (Å²) in [6.45, 7) is 4.42. The molecule has 0 spiro atoms. The van der Waals surface area contributed by atoms with Crippen LogP contribution < -0.4 is 0 Å². The zero-order valence-corrected chi connectivity index (χ0v) is 9.30. The van der Waals surface area contributed by atoms with Crippen LogP contribution in [0.1, 0.15) is 18.0 Å². The molecule has 16 heavy (non-hydrogen) atoms. The number of nitrogens with zero attached hydrogens (tertiary/aromatic N) is 3. The summed E-state index contributed by atoms with van der Waals surface area (Å²) in [5.41, 5.74) is 1.18. The summed E-state index contributed by atoms with van der Waals surface area (Å²) >= 11 is 0. The zero-order valence-electron chi connectivity index (χ0n) is 9.30. The van der Waals surface area contributed by atoms with Crippen LogP contribution in [0, 0.1) is 6.92 Å². The van der Waals surface area contributed by atoms with Crippen LogP contribution in [-0.2, 0) is 9.53 Å². The molecule has 3 rings (SSSR count). The van der Waals surface area contributed by atoms with Gasteiger partial charge in [0.05, 0.1) is 18.8 Å². The van der Waals surface area contributed by atoms with Gasteiger partial charge in [0.25, 0.3) is 0 Å². The third-order valence-electron chi connectivity index (χ3n) is 3.34. The lowest BCUT2D eigenvalue weighted by atomic mass is 10.0. The standard InChI is InChI=1S/C11H15N3O2/c1-8-4-12-14(5-8)9-6-13(7-9)10-2-3-16-11(10)15/h4-5,9-10H,2-3,6-7H2,1H3/t10-/m0/s1. The smallest absolute Gasteiger partial charge is 0.323 e. The first kappa shape index (κ1) is 9.84. The molecular weight excluding hydrogens is 206 g/mol. The molecule has 1 atom stereocenters. The summed E-state index contributed by atoms with van der Waals surface area (Å²) in [6, 6.07) is 0.412. The molecule has 0 N–H and O–H groups in total. The number of aromatic nitrogens is 2. The number of esters is 1. The molecule has 0 bridgehead atoms. The summed E-state index contributed by atoms with van der Waals surface area (Å²) in [5.74, 6) is -0.0601. The third-order valence-corrected chi connectivity index (χ3v) is 3.34. The minimum Gasteiger partial charge on any atom is -0.464 e. The van der Waals surface area contributed by atoms with Crippen LogP contribution >= 0.6 is 0 Å². The number of rotatable bonds is 2. The predicted octanol–water partition coefficient (Wildman–Crippen LogP) is 0.364. The highest BCUT2D eigenvalue weighted by atomic mass is 16.5. The summed E-state index contributed by atoms with van der Waals surface area (Å²) in [5, 5.41) is 4.29. The molecule has 3 heterocycles. The number of hydrogen-bond donors (Lipinski definition) is 0. The van der Waals surface area contributed by atoms with Gasteiger partial charge in [-0.25, -0.2) is 0 Å². The van der Waals surface area contributed by atoms with Gasteiger partial charge in [-0.3, -0.25) is 14.4 Å². The van der Waals surface area contributed by atoms with Crippen LogP contribution in [0.15, 0.2) is 12.4 Å². The monoisotopic (exact) mass is 221 g/mol. The van der Waals surface area contributed by atoms with Crippen molar-refractivity contribution in [1.29, 1.82) is 0 Å². The Bertz CT molecular complexity index is 409. The van der Waals surface area contributed by atoms with Gasteiger partial charge in [-0.1, -0.05) is 0 Å². The Balaban J connectivity index is 1.60. The minimum atomic E-state index is -0.0601. The molecule has 2 saturated heterocycles. The fourth-order valence-electron chi connectivity index (χ4n) is 2.36. The van der Waals surface area contributed by atoms with Crippen molar-refractivity contribution in [2.45, 2.75) is 25.4 Å². The first-order chi connectivity index (χ1) is 7.74. The fraction of sp³-hybridized carbons (Fsp3) is 0.636. The van der Waals surface area contributed by atoms with Crippen molar-refractivity contribution >= 4 is 5.97 Å². The van der Waals surface area contributed by atoms with Crippen molar-refractivity contribution in [3.05, 3.63) is 18.0 Å². The number of likely N-dealkylation sites (tertiary alicyclic amines) is 1. The topological polar surface area (TPSA) is 47.4 Å². The maximum atomic E-state index is 11.4. The van der Waals surface area contributed by atoms with Gasteiger partial charge in [0.1, 0.15) is 6.04 Å². The van der Waals surface area contributed by atoms with Crippen LogP contribution in [0.5, 0.6) is 0 Å². The van der Waals surface area contributed by atoms with E-state index in [0.717, 1.165) is 19.5 Å². The number of ether oxygens (including phenoxy) is 1. The van der Waals surface area contributed by atoms with Gasteiger partial charge in [-0.15, -0.1) is 0 Å². The van der Waals surface area contributed by atoms with Crippen molar-refractivity contribution in [3.8, 4) is 0 Å². The van der Waals surface area contributed by atoms with E-state index in [1.54, 1.807) is 0 Å². The molecular formula is C11H15N3O2. The number of carbonyl (C=O) groups excluding carboxylic acids is 1. The molecule has 0 aliphatic carbocycles. The van der Waals surface area contributed by atoms with Crippen LogP contribution in [0.4, 0.5) is 0 Å². The molecule has 0 amide bonds. The molecule has 86 valence electrons. The molecule has 1 aromatic heterocycles. The van der Waals surface area contributed by atoms with Crippen molar-refractivity contribution in [1.82, 2.24) is 14.7 Å². The molecule has 5 heteroatoms. The molecule has 5 nitrogen and oxygen atoms in total. The van der Waals surface area contributed by atoms with Crippen molar-refractivity contribution < 1.29 is 9.53 Å². The number of carbonyl (C=O) groups is 1. The van der Waals surface area contributed by atoms with Gasteiger partial charge in [-0.2, -0.15) is 5.10 Å². The van der Waals surface area contributed by atoms with Gasteiger partial charge in [-0.05, 0) is 12.5 Å². The summed E-state index contributed by atoms with van der Waals surface area (Å²) in [6.07, 6.45) is 4.76. The molecule has 2 fully saturated rings. The normalized spacial score (nSPS) is 26.8. The van der Waals surface area contributed by atoms with Crippen LogP contribution in [0.3, 0.4) is 0 Å². The van der Waals surface area contributed by atoms with Gasteiger partial charge < -0.3 is 4.74 Å². The molecule has 0 unspecified atom stereocenters. The van der Waals surface area contributed by atoms with Crippen molar-refractivity contribution in [2.24, 2.45) is 0 Å². The highest BCUT2D eigenvalue weighted by molar-refractivity contribution is 5.77. The largest absolute Gasteiger partial charge is 0.464 e. The Morgan fingerprint density at radius 1 is 1.50 bits per heavy atom. The van der Waals surface area contributed by atoms with Crippen molar-refractivity contribution in [3.63, 3.8) is 0 Å². The molecule has 2 aliphatic rings. The zero-order chi connectivity index (χ0) is 11.1. The first-order valence-corrected chi connectivity index (χ1v) is 5.65. The molecule has 0 saturated carbocycles. The molecule has 0 radical (unpaired) electrons. The summed E-state index contributed by atoms with van der Waals surface area (Å²) in [4.78, 5) is 13.5. The van der Waals surface area contributed by atoms with E-state index < -0.39 is 0 Å². The quantitative estimate of drug-likeness (QED) is 0.677. The Labute approximate surface area is 94.0 Å². The Morgan fingerprint density at radius 3 is 2.88 bits per heavy atom. The SMILES string of the molecule is Cc1cnn(C2CN([C@H]3CCOC3=O)C2)c1. The maximum absolute atomic E-state index is 11.4. The number of aryl methyl sites for hydroxylation is 1. The Hall–Kier alpha value is -1.36. The van der Waals surface area contributed by atoms with Crippen LogP contribution in [0.25, 0.3) is 0 Å². The second-order valence-corrected chi connectivity index (χ2v) is 4.58. The second kappa shape index (κ2) is 3.59. The van der Waals surface area contributed by atoms with E-state index in [2.05, 4.69) is 16.2 Å². The van der Waals surface area contributed by atoms with Gasteiger partial charge in [0, 0.05) is 25.7 Å². The Morgan fingerprint density at radius 2 is 2.31 bits per heavy atom. The van der Waals surface area contributed by atoms with E-state index in [0.29, 0.717) is 12.6 Å². The first-order valence-electron chi connectivity index (χ1n) is 5.65. The van der Waals surface area contributed by atoms with Crippen LogP contribution in [0.2, 0.25) is 0 Å². The lowest BCUT2D eigenvalue weighted by Gasteiger charge is -2.41. The Kier molecular flexibility index (Phi) is 2.21. The summed E-state index contributed by atoms with van der Waals surface area (Å²) in [7, 11) is 0. The average Bonchev–Trinajstić information content (AvgIpc) is 2.75. The minimum absolute atomic E-state index is 0.00657. The molecule has 2 aliphatic heterocycles. The highest BCUT2D eigenvalue weighted by Gasteiger charge is 2.40. The van der Waals surface area contributed by atoms with E-state index in [-0.39, 0.29) is 12.0 Å². The highest BCUT2D eigenvalue weighted by Crippen LogP contribution is 2.26.